The summed E-state index contributed by atoms with van der Waals surface area (Å²) in [5.74, 6) is -1.06. The Balaban J connectivity index is 2.36. The molecule has 0 saturated carbocycles. The quantitative estimate of drug-likeness (QED) is 0.864. The van der Waals surface area contributed by atoms with E-state index in [1.54, 1.807) is 29.4 Å². The second kappa shape index (κ2) is 7.07. The van der Waals surface area contributed by atoms with Crippen LogP contribution in [0.5, 0.6) is 0 Å². The third-order valence-corrected chi connectivity index (χ3v) is 5.85. The Morgan fingerprint density at radius 3 is 2.41 bits per heavy atom. The molecule has 5 nitrogen and oxygen atoms in total. The van der Waals surface area contributed by atoms with Crippen molar-refractivity contribution in [3.63, 3.8) is 0 Å². The van der Waals surface area contributed by atoms with E-state index < -0.39 is 16.0 Å². The Labute approximate surface area is 131 Å². The van der Waals surface area contributed by atoms with Gasteiger partial charge in [0.1, 0.15) is 0 Å². The normalized spacial score (nSPS) is 17.5. The molecule has 0 radical (unpaired) electrons. The van der Waals surface area contributed by atoms with Gasteiger partial charge in [0, 0.05) is 19.2 Å². The molecule has 6 heteroatoms. The van der Waals surface area contributed by atoms with Crippen LogP contribution in [0.25, 0.3) is 6.08 Å². The molecule has 1 fully saturated rings. The number of sulfonamides is 1. The molecule has 120 valence electrons. The van der Waals surface area contributed by atoms with Crippen molar-refractivity contribution in [1.82, 2.24) is 4.31 Å². The second-order valence-electron chi connectivity index (χ2n) is 5.51. The molecule has 0 spiro atoms. The van der Waals surface area contributed by atoms with Gasteiger partial charge in [-0.3, -0.25) is 0 Å². The van der Waals surface area contributed by atoms with Crippen LogP contribution in [0.15, 0.2) is 29.2 Å². The minimum absolute atomic E-state index is 0.266. The molecule has 22 heavy (non-hydrogen) atoms. The summed E-state index contributed by atoms with van der Waals surface area (Å²) in [4.78, 5) is 10.9. The number of hydrogen-bond acceptors (Lipinski definition) is 3. The molecule has 0 unspecified atom stereocenters. The minimum atomic E-state index is -3.53. The van der Waals surface area contributed by atoms with Crippen molar-refractivity contribution in [2.24, 2.45) is 0 Å². The molecule has 0 bridgehead atoms. The molecule has 0 amide bonds. The molecule has 0 atom stereocenters. The zero-order valence-corrected chi connectivity index (χ0v) is 13.5. The predicted molar refractivity (Wildman–Crippen MR) is 85.1 cm³/mol. The SMILES string of the molecule is Cc1ccc(C=CC(=O)O)cc1S(=O)(=O)N1CCCCCC1. The summed E-state index contributed by atoms with van der Waals surface area (Å²) in [7, 11) is -3.53. The zero-order chi connectivity index (χ0) is 16.2. The van der Waals surface area contributed by atoms with Crippen molar-refractivity contribution < 1.29 is 18.3 Å². The monoisotopic (exact) mass is 323 g/mol. The van der Waals surface area contributed by atoms with Crippen molar-refractivity contribution in [3.05, 3.63) is 35.4 Å². The lowest BCUT2D eigenvalue weighted by Gasteiger charge is -2.21. The summed E-state index contributed by atoms with van der Waals surface area (Å²) in [5, 5.41) is 8.68. The predicted octanol–water partition coefficient (Wildman–Crippen LogP) is 2.66. The number of carboxylic acid groups (broad SMARTS) is 1. The molecule has 1 saturated heterocycles. The van der Waals surface area contributed by atoms with Crippen LogP contribution in [0.1, 0.15) is 36.8 Å². The second-order valence-corrected chi connectivity index (χ2v) is 7.42. The highest BCUT2D eigenvalue weighted by atomic mass is 32.2. The fourth-order valence-corrected chi connectivity index (χ4v) is 4.36. The standard InChI is InChI=1S/C16H21NO4S/c1-13-6-7-14(8-9-16(18)19)12-15(13)22(20,21)17-10-4-2-3-5-11-17/h6-9,12H,2-5,10-11H2,1H3,(H,18,19). The van der Waals surface area contributed by atoms with E-state index in [4.69, 9.17) is 5.11 Å². The highest BCUT2D eigenvalue weighted by Gasteiger charge is 2.26. The Kier molecular flexibility index (Phi) is 5.37. The van der Waals surface area contributed by atoms with Gasteiger partial charge >= 0.3 is 5.97 Å². The van der Waals surface area contributed by atoms with Gasteiger partial charge in [0.25, 0.3) is 0 Å². The van der Waals surface area contributed by atoms with E-state index in [1.807, 2.05) is 0 Å². The highest BCUT2D eigenvalue weighted by molar-refractivity contribution is 7.89. The van der Waals surface area contributed by atoms with Gasteiger partial charge in [-0.2, -0.15) is 4.31 Å². The maximum atomic E-state index is 12.8. The molecule has 2 rings (SSSR count). The van der Waals surface area contributed by atoms with Crippen LogP contribution in [0.4, 0.5) is 0 Å². The van der Waals surface area contributed by atoms with Crippen LogP contribution in [0.2, 0.25) is 0 Å². The van der Waals surface area contributed by atoms with E-state index in [0.29, 0.717) is 24.2 Å². The molecule has 1 aliphatic rings. The van der Waals surface area contributed by atoms with Gasteiger partial charge in [0.15, 0.2) is 0 Å². The Bertz CT molecular complexity index is 671. The van der Waals surface area contributed by atoms with E-state index in [0.717, 1.165) is 31.8 Å². The first-order chi connectivity index (χ1) is 10.4. The molecule has 1 aromatic rings. The van der Waals surface area contributed by atoms with E-state index in [2.05, 4.69) is 0 Å². The number of carbonyl (C=O) groups is 1. The number of aliphatic carboxylic acids is 1. The van der Waals surface area contributed by atoms with Crippen LogP contribution in [-0.4, -0.2) is 36.9 Å². The maximum absolute atomic E-state index is 12.8. The average molecular weight is 323 g/mol. The number of benzene rings is 1. The number of nitrogens with zero attached hydrogens (tertiary/aromatic N) is 1. The van der Waals surface area contributed by atoms with Gasteiger partial charge in [-0.25, -0.2) is 13.2 Å². The smallest absolute Gasteiger partial charge is 0.328 e. The van der Waals surface area contributed by atoms with E-state index in [1.165, 1.54) is 6.08 Å². The zero-order valence-electron chi connectivity index (χ0n) is 12.7. The molecule has 0 aromatic heterocycles. The van der Waals surface area contributed by atoms with Crippen LogP contribution in [-0.2, 0) is 14.8 Å². The topological polar surface area (TPSA) is 74.7 Å². The van der Waals surface area contributed by atoms with Crippen molar-refractivity contribution in [2.75, 3.05) is 13.1 Å². The molecule has 1 heterocycles. The summed E-state index contributed by atoms with van der Waals surface area (Å²) in [6.07, 6.45) is 6.31. The number of hydrogen-bond donors (Lipinski definition) is 1. The summed E-state index contributed by atoms with van der Waals surface area (Å²) < 4.78 is 27.2. The maximum Gasteiger partial charge on any atom is 0.328 e. The number of carboxylic acids is 1. The fourth-order valence-electron chi connectivity index (χ4n) is 2.59. The lowest BCUT2D eigenvalue weighted by atomic mass is 10.1. The average Bonchev–Trinajstić information content (AvgIpc) is 2.75. The molecular weight excluding hydrogens is 302 g/mol. The first-order valence-corrected chi connectivity index (χ1v) is 8.87. The van der Waals surface area contributed by atoms with Gasteiger partial charge in [0.2, 0.25) is 10.0 Å². The molecule has 1 aromatic carbocycles. The summed E-state index contributed by atoms with van der Waals surface area (Å²) in [6, 6.07) is 4.98. The molecule has 0 aliphatic carbocycles. The van der Waals surface area contributed by atoms with Gasteiger partial charge in [0.05, 0.1) is 4.90 Å². The molecule has 1 N–H and O–H groups in total. The number of aryl methyl sites for hydroxylation is 1. The van der Waals surface area contributed by atoms with Crippen molar-refractivity contribution >= 4 is 22.1 Å². The van der Waals surface area contributed by atoms with Crippen LogP contribution in [0, 0.1) is 6.92 Å². The Morgan fingerprint density at radius 1 is 1.18 bits per heavy atom. The largest absolute Gasteiger partial charge is 0.478 e. The number of rotatable bonds is 4. The minimum Gasteiger partial charge on any atom is -0.478 e. The van der Waals surface area contributed by atoms with Crippen molar-refractivity contribution in [1.29, 1.82) is 0 Å². The summed E-state index contributed by atoms with van der Waals surface area (Å²) >= 11 is 0. The highest BCUT2D eigenvalue weighted by Crippen LogP contribution is 2.24. The first-order valence-electron chi connectivity index (χ1n) is 7.43. The van der Waals surface area contributed by atoms with Crippen molar-refractivity contribution in [2.45, 2.75) is 37.5 Å². The van der Waals surface area contributed by atoms with Crippen molar-refractivity contribution in [3.8, 4) is 0 Å². The fraction of sp³-hybridized carbons (Fsp3) is 0.438. The van der Waals surface area contributed by atoms with E-state index in [9.17, 15) is 13.2 Å². The Hall–Kier alpha value is -1.66. The lowest BCUT2D eigenvalue weighted by Crippen LogP contribution is -2.32. The first kappa shape index (κ1) is 16.7. The molecular formula is C16H21NO4S. The van der Waals surface area contributed by atoms with Gasteiger partial charge in [-0.15, -0.1) is 0 Å². The third-order valence-electron chi connectivity index (χ3n) is 3.81. The third kappa shape index (κ3) is 3.96. The van der Waals surface area contributed by atoms with Gasteiger partial charge in [-0.05, 0) is 43.0 Å². The van der Waals surface area contributed by atoms with Gasteiger partial charge in [-0.1, -0.05) is 25.0 Å². The van der Waals surface area contributed by atoms with Crippen LogP contribution >= 0.6 is 0 Å². The van der Waals surface area contributed by atoms with Crippen LogP contribution < -0.4 is 0 Å². The van der Waals surface area contributed by atoms with Crippen LogP contribution in [0.3, 0.4) is 0 Å². The molecule has 1 aliphatic heterocycles. The Morgan fingerprint density at radius 2 is 1.82 bits per heavy atom. The van der Waals surface area contributed by atoms with E-state index in [-0.39, 0.29) is 4.90 Å². The van der Waals surface area contributed by atoms with Gasteiger partial charge < -0.3 is 5.11 Å². The summed E-state index contributed by atoms with van der Waals surface area (Å²) in [5.41, 5.74) is 1.25. The lowest BCUT2D eigenvalue weighted by molar-refractivity contribution is -0.131. The van der Waals surface area contributed by atoms with E-state index >= 15 is 0 Å². The summed E-state index contributed by atoms with van der Waals surface area (Å²) in [6.45, 7) is 2.86.